The van der Waals surface area contributed by atoms with E-state index in [1.807, 2.05) is 47.4 Å². The van der Waals surface area contributed by atoms with Gasteiger partial charge in [-0.2, -0.15) is 0 Å². The van der Waals surface area contributed by atoms with Crippen molar-refractivity contribution >= 4 is 23.5 Å². The molecule has 3 aromatic rings. The Hall–Kier alpha value is -3.80. The lowest BCUT2D eigenvalue weighted by molar-refractivity contribution is 0.155. The second-order valence-corrected chi connectivity index (χ2v) is 8.84. The molecule has 3 aromatic carbocycles. The summed E-state index contributed by atoms with van der Waals surface area (Å²) in [5.41, 5.74) is 4.79. The van der Waals surface area contributed by atoms with Gasteiger partial charge in [-0.3, -0.25) is 10.2 Å². The van der Waals surface area contributed by atoms with Crippen LogP contribution in [0.3, 0.4) is 0 Å². The number of anilines is 2. The topological polar surface area (TPSA) is 61.9 Å². The highest BCUT2D eigenvalue weighted by atomic mass is 16.5. The second kappa shape index (κ2) is 10.9. The molecule has 176 valence electrons. The van der Waals surface area contributed by atoms with E-state index in [1.165, 1.54) is 5.56 Å². The molecule has 0 spiro atoms. The highest BCUT2D eigenvalue weighted by Crippen LogP contribution is 2.24. The first-order valence-corrected chi connectivity index (χ1v) is 11.7. The van der Waals surface area contributed by atoms with Crippen molar-refractivity contribution < 1.29 is 14.3 Å². The minimum atomic E-state index is -0.514. The van der Waals surface area contributed by atoms with Gasteiger partial charge in [-0.15, -0.1) is 0 Å². The van der Waals surface area contributed by atoms with Crippen molar-refractivity contribution in [2.75, 3.05) is 23.3 Å². The van der Waals surface area contributed by atoms with Gasteiger partial charge in [0.2, 0.25) is 0 Å². The van der Waals surface area contributed by atoms with Crippen LogP contribution in [-0.4, -0.2) is 30.1 Å². The lowest BCUT2D eigenvalue weighted by Crippen LogP contribution is -2.49. The van der Waals surface area contributed by atoms with Gasteiger partial charge in [0.05, 0.1) is 0 Å². The van der Waals surface area contributed by atoms with Crippen molar-refractivity contribution in [1.29, 1.82) is 0 Å². The quantitative estimate of drug-likeness (QED) is 0.447. The summed E-state index contributed by atoms with van der Waals surface area (Å²) in [5, 5.41) is 2.73. The first-order chi connectivity index (χ1) is 16.5. The molecule has 6 nitrogen and oxygen atoms in total. The van der Waals surface area contributed by atoms with Crippen LogP contribution in [0.4, 0.5) is 21.0 Å². The fraction of sp³-hybridized carbons (Fsp3) is 0.286. The standard InChI is InChI=1S/C28H31N3O3/c1-21(2)24-11-9-22(10-12-24)19-30-17-6-18-31(28(30)33)26-15-13-25(14-16-26)29-27(32)34-20-23-7-4-3-5-8-23/h3-5,7-16,21H,6,17-20H2,1-2H3,(H,29,32). The zero-order valence-electron chi connectivity index (χ0n) is 19.7. The minimum absolute atomic E-state index is 0.00201. The maximum atomic E-state index is 13.2. The second-order valence-electron chi connectivity index (χ2n) is 8.84. The molecule has 0 aliphatic carbocycles. The van der Waals surface area contributed by atoms with Crippen LogP contribution in [0, 0.1) is 0 Å². The molecule has 0 aromatic heterocycles. The first kappa shape index (κ1) is 23.4. The average molecular weight is 458 g/mol. The molecule has 1 N–H and O–H groups in total. The van der Waals surface area contributed by atoms with Crippen LogP contribution >= 0.6 is 0 Å². The van der Waals surface area contributed by atoms with Gasteiger partial charge >= 0.3 is 12.1 Å². The van der Waals surface area contributed by atoms with E-state index in [2.05, 4.69) is 43.4 Å². The summed E-state index contributed by atoms with van der Waals surface area (Å²) in [6.45, 7) is 6.58. The maximum Gasteiger partial charge on any atom is 0.411 e. The molecule has 1 fully saturated rings. The molecular formula is C28H31N3O3. The first-order valence-electron chi connectivity index (χ1n) is 11.7. The van der Waals surface area contributed by atoms with Crippen LogP contribution in [0.5, 0.6) is 0 Å². The van der Waals surface area contributed by atoms with Crippen molar-refractivity contribution in [3.63, 3.8) is 0 Å². The molecule has 1 aliphatic rings. The molecule has 1 heterocycles. The lowest BCUT2D eigenvalue weighted by Gasteiger charge is -2.35. The molecule has 3 amide bonds. The molecule has 34 heavy (non-hydrogen) atoms. The van der Waals surface area contributed by atoms with E-state index in [1.54, 1.807) is 17.0 Å². The van der Waals surface area contributed by atoms with Crippen molar-refractivity contribution in [3.05, 3.63) is 95.6 Å². The number of carbonyl (C=O) groups is 2. The normalized spacial score (nSPS) is 13.8. The van der Waals surface area contributed by atoms with Gasteiger partial charge in [0.25, 0.3) is 0 Å². The highest BCUT2D eigenvalue weighted by molar-refractivity contribution is 5.93. The van der Waals surface area contributed by atoms with Crippen LogP contribution in [-0.2, 0) is 17.9 Å². The van der Waals surface area contributed by atoms with Crippen LogP contribution in [0.2, 0.25) is 0 Å². The Morgan fingerprint density at radius 1 is 0.912 bits per heavy atom. The fourth-order valence-corrected chi connectivity index (χ4v) is 4.00. The van der Waals surface area contributed by atoms with Gasteiger partial charge in [-0.1, -0.05) is 68.4 Å². The predicted molar refractivity (Wildman–Crippen MR) is 135 cm³/mol. The predicted octanol–water partition coefficient (Wildman–Crippen LogP) is 6.39. The number of hydrogen-bond acceptors (Lipinski definition) is 3. The van der Waals surface area contributed by atoms with E-state index in [0.29, 0.717) is 24.7 Å². The summed E-state index contributed by atoms with van der Waals surface area (Å²) in [7, 11) is 0. The number of nitrogens with one attached hydrogen (secondary N) is 1. The molecule has 6 heteroatoms. The monoisotopic (exact) mass is 457 g/mol. The molecule has 0 radical (unpaired) electrons. The zero-order valence-corrected chi connectivity index (χ0v) is 19.7. The van der Waals surface area contributed by atoms with Crippen LogP contribution in [0.15, 0.2) is 78.9 Å². The van der Waals surface area contributed by atoms with Crippen LogP contribution < -0.4 is 10.2 Å². The summed E-state index contributed by atoms with van der Waals surface area (Å²) >= 11 is 0. The molecule has 0 unspecified atom stereocenters. The van der Waals surface area contributed by atoms with E-state index < -0.39 is 6.09 Å². The molecule has 0 bridgehead atoms. The Kier molecular flexibility index (Phi) is 7.48. The van der Waals surface area contributed by atoms with Crippen molar-refractivity contribution in [1.82, 2.24) is 4.90 Å². The number of amides is 3. The summed E-state index contributed by atoms with van der Waals surface area (Å²) in [4.78, 5) is 28.9. The van der Waals surface area contributed by atoms with Gasteiger partial charge in [-0.25, -0.2) is 9.59 Å². The van der Waals surface area contributed by atoms with E-state index >= 15 is 0 Å². The minimum Gasteiger partial charge on any atom is -0.444 e. The van der Waals surface area contributed by atoms with E-state index in [9.17, 15) is 9.59 Å². The van der Waals surface area contributed by atoms with Gasteiger partial charge in [0.1, 0.15) is 6.61 Å². The summed E-state index contributed by atoms with van der Waals surface area (Å²) in [6.07, 6.45) is 0.391. The molecule has 1 aliphatic heterocycles. The Morgan fingerprint density at radius 2 is 1.62 bits per heavy atom. The van der Waals surface area contributed by atoms with Gasteiger partial charge in [-0.05, 0) is 53.3 Å². The van der Waals surface area contributed by atoms with Crippen LogP contribution in [0.1, 0.15) is 42.9 Å². The number of benzene rings is 3. The molecule has 1 saturated heterocycles. The number of hydrogen-bond donors (Lipinski definition) is 1. The van der Waals surface area contributed by atoms with Gasteiger partial charge in [0, 0.05) is 31.0 Å². The summed E-state index contributed by atoms with van der Waals surface area (Å²) < 4.78 is 5.27. The molecule has 0 atom stereocenters. The smallest absolute Gasteiger partial charge is 0.411 e. The van der Waals surface area contributed by atoms with Gasteiger partial charge < -0.3 is 9.64 Å². The summed E-state index contributed by atoms with van der Waals surface area (Å²) in [5.74, 6) is 0.490. The Labute approximate surface area is 201 Å². The maximum absolute atomic E-state index is 13.2. The molecular weight excluding hydrogens is 426 g/mol. The number of nitrogens with zero attached hydrogens (tertiary/aromatic N) is 2. The third-order valence-electron chi connectivity index (χ3n) is 5.97. The van der Waals surface area contributed by atoms with Gasteiger partial charge in [0.15, 0.2) is 0 Å². The number of carbonyl (C=O) groups excluding carboxylic acids is 2. The Morgan fingerprint density at radius 3 is 2.29 bits per heavy atom. The van der Waals surface area contributed by atoms with Crippen molar-refractivity contribution in [2.45, 2.75) is 39.3 Å². The highest BCUT2D eigenvalue weighted by Gasteiger charge is 2.26. The third kappa shape index (κ3) is 5.95. The third-order valence-corrected chi connectivity index (χ3v) is 5.97. The van der Waals surface area contributed by atoms with E-state index in [4.69, 9.17) is 4.74 Å². The Bertz CT molecular complexity index is 1100. The van der Waals surface area contributed by atoms with E-state index in [-0.39, 0.29) is 12.6 Å². The van der Waals surface area contributed by atoms with Crippen LogP contribution in [0.25, 0.3) is 0 Å². The lowest BCUT2D eigenvalue weighted by atomic mass is 10.0. The summed E-state index contributed by atoms with van der Waals surface area (Å²) in [6, 6.07) is 25.3. The SMILES string of the molecule is CC(C)c1ccc(CN2CCCN(c3ccc(NC(=O)OCc4ccccc4)cc3)C2=O)cc1. The largest absolute Gasteiger partial charge is 0.444 e. The number of ether oxygens (including phenoxy) is 1. The average Bonchev–Trinajstić information content (AvgIpc) is 2.86. The molecule has 0 saturated carbocycles. The number of urea groups is 1. The zero-order chi connectivity index (χ0) is 23.9. The van der Waals surface area contributed by atoms with Crippen molar-refractivity contribution in [2.24, 2.45) is 0 Å². The number of rotatable bonds is 7. The fourth-order valence-electron chi connectivity index (χ4n) is 4.00. The molecule has 4 rings (SSSR count). The van der Waals surface area contributed by atoms with Crippen molar-refractivity contribution in [3.8, 4) is 0 Å². The van der Waals surface area contributed by atoms with E-state index in [0.717, 1.165) is 29.8 Å². The Balaban J connectivity index is 1.33.